The van der Waals surface area contributed by atoms with Gasteiger partial charge in [0.15, 0.2) is 0 Å². The monoisotopic (exact) mass is 268 g/mol. The van der Waals surface area contributed by atoms with Crippen LogP contribution in [0.15, 0.2) is 6.07 Å². The Morgan fingerprint density at radius 2 is 2.16 bits per heavy atom. The first-order chi connectivity index (χ1) is 8.85. The zero-order valence-electron chi connectivity index (χ0n) is 10.7. The highest BCUT2D eigenvalue weighted by Crippen LogP contribution is 2.05. The van der Waals surface area contributed by atoms with E-state index in [2.05, 4.69) is 10.4 Å². The van der Waals surface area contributed by atoms with Gasteiger partial charge in [0.2, 0.25) is 5.91 Å². The fourth-order valence-corrected chi connectivity index (χ4v) is 1.55. The van der Waals surface area contributed by atoms with Gasteiger partial charge in [-0.05, 0) is 12.5 Å². The molecule has 0 aliphatic heterocycles. The fourth-order valence-electron chi connectivity index (χ4n) is 1.55. The first-order valence-electron chi connectivity index (χ1n) is 5.70. The molecule has 0 aromatic carbocycles. The second-order valence-electron chi connectivity index (χ2n) is 4.03. The van der Waals surface area contributed by atoms with Crippen molar-refractivity contribution < 1.29 is 19.5 Å². The number of hydrogen-bond donors (Lipinski definition) is 3. The average Bonchev–Trinajstić information content (AvgIpc) is 2.69. The number of primary amides is 1. The molecule has 1 rings (SSSR count). The zero-order valence-corrected chi connectivity index (χ0v) is 10.7. The predicted molar refractivity (Wildman–Crippen MR) is 65.3 cm³/mol. The van der Waals surface area contributed by atoms with Crippen LogP contribution in [-0.2, 0) is 23.1 Å². The third-order valence-electron chi connectivity index (χ3n) is 2.53. The largest absolute Gasteiger partial charge is 0.480 e. The lowest BCUT2D eigenvalue weighted by Crippen LogP contribution is -2.43. The molecule has 0 spiro atoms. The number of carboxylic acids is 1. The van der Waals surface area contributed by atoms with Crippen LogP contribution in [0.3, 0.4) is 0 Å². The van der Waals surface area contributed by atoms with Crippen molar-refractivity contribution in [2.45, 2.75) is 25.8 Å². The molecule has 0 bridgehead atoms. The molecule has 104 valence electrons. The van der Waals surface area contributed by atoms with Crippen molar-refractivity contribution in [2.75, 3.05) is 0 Å². The molecular formula is C11H16N4O4. The first kappa shape index (κ1) is 14.7. The number of aryl methyl sites for hydroxylation is 2. The highest BCUT2D eigenvalue weighted by molar-refractivity contribution is 5.96. The number of aliphatic carboxylic acids is 1. The van der Waals surface area contributed by atoms with E-state index in [-0.39, 0.29) is 5.69 Å². The van der Waals surface area contributed by atoms with Crippen LogP contribution in [0.1, 0.15) is 29.5 Å². The molecule has 8 heteroatoms. The van der Waals surface area contributed by atoms with Crippen molar-refractivity contribution in [1.29, 1.82) is 0 Å². The first-order valence-corrected chi connectivity index (χ1v) is 5.70. The number of nitrogens with two attached hydrogens (primary N) is 1. The van der Waals surface area contributed by atoms with Gasteiger partial charge < -0.3 is 16.2 Å². The molecule has 0 aliphatic rings. The molecule has 4 N–H and O–H groups in total. The Bertz CT molecular complexity index is 509. The zero-order chi connectivity index (χ0) is 14.6. The summed E-state index contributed by atoms with van der Waals surface area (Å²) >= 11 is 0. The topological polar surface area (TPSA) is 127 Å². The van der Waals surface area contributed by atoms with E-state index < -0.39 is 30.2 Å². The van der Waals surface area contributed by atoms with E-state index in [9.17, 15) is 14.4 Å². The Kier molecular flexibility index (Phi) is 4.62. The molecule has 0 aliphatic carbocycles. The molecule has 1 aromatic rings. The lowest BCUT2D eigenvalue weighted by molar-refractivity contribution is -0.140. The smallest absolute Gasteiger partial charge is 0.326 e. The molecule has 0 saturated carbocycles. The van der Waals surface area contributed by atoms with Crippen LogP contribution in [0.25, 0.3) is 0 Å². The van der Waals surface area contributed by atoms with Crippen LogP contribution in [0, 0.1) is 0 Å². The SMILES string of the molecule is CCc1cc(C(=O)N[C@H](CC(N)=O)C(=O)O)n(C)n1. The van der Waals surface area contributed by atoms with Gasteiger partial charge in [0.25, 0.3) is 5.91 Å². The van der Waals surface area contributed by atoms with Crippen molar-refractivity contribution in [3.05, 3.63) is 17.5 Å². The summed E-state index contributed by atoms with van der Waals surface area (Å²) in [6.07, 6.45) is 0.199. The maximum atomic E-state index is 11.9. The summed E-state index contributed by atoms with van der Waals surface area (Å²) in [5.41, 5.74) is 5.88. The highest BCUT2D eigenvalue weighted by Gasteiger charge is 2.24. The number of nitrogens with one attached hydrogen (secondary N) is 1. The minimum absolute atomic E-state index is 0.229. The predicted octanol–water partition coefficient (Wildman–Crippen LogP) is -0.959. The van der Waals surface area contributed by atoms with E-state index in [0.717, 1.165) is 5.69 Å². The maximum Gasteiger partial charge on any atom is 0.326 e. The molecule has 1 atom stereocenters. The van der Waals surface area contributed by atoms with E-state index >= 15 is 0 Å². The van der Waals surface area contributed by atoms with Crippen molar-refractivity contribution in [3.8, 4) is 0 Å². The number of nitrogens with zero attached hydrogens (tertiary/aromatic N) is 2. The van der Waals surface area contributed by atoms with Gasteiger partial charge in [-0.2, -0.15) is 5.10 Å². The minimum Gasteiger partial charge on any atom is -0.480 e. The molecule has 0 saturated heterocycles. The van der Waals surface area contributed by atoms with Gasteiger partial charge in [-0.25, -0.2) is 4.79 Å². The van der Waals surface area contributed by atoms with Gasteiger partial charge in [0, 0.05) is 7.05 Å². The normalized spacial score (nSPS) is 11.9. The summed E-state index contributed by atoms with van der Waals surface area (Å²) in [4.78, 5) is 33.5. The van der Waals surface area contributed by atoms with Crippen LogP contribution in [0.2, 0.25) is 0 Å². The van der Waals surface area contributed by atoms with E-state index in [1.54, 1.807) is 13.1 Å². The Morgan fingerprint density at radius 3 is 2.58 bits per heavy atom. The van der Waals surface area contributed by atoms with E-state index in [1.165, 1.54) is 4.68 Å². The molecule has 0 unspecified atom stereocenters. The van der Waals surface area contributed by atoms with Gasteiger partial charge in [0.05, 0.1) is 12.1 Å². The standard InChI is InChI=1S/C11H16N4O4/c1-3-6-4-8(15(2)14-6)10(17)13-7(11(18)19)5-9(12)16/h4,7H,3,5H2,1-2H3,(H2,12,16)(H,13,17)(H,18,19)/t7-/m1/s1. The fraction of sp³-hybridized carbons (Fsp3) is 0.455. The Balaban J connectivity index is 2.84. The van der Waals surface area contributed by atoms with Crippen LogP contribution < -0.4 is 11.1 Å². The number of amides is 2. The molecule has 19 heavy (non-hydrogen) atoms. The summed E-state index contributed by atoms with van der Waals surface area (Å²) in [6, 6.07) is 0.225. The molecule has 8 nitrogen and oxygen atoms in total. The number of hydrogen-bond acceptors (Lipinski definition) is 4. The van der Waals surface area contributed by atoms with Crippen molar-refractivity contribution in [3.63, 3.8) is 0 Å². The summed E-state index contributed by atoms with van der Waals surface area (Å²) in [7, 11) is 1.58. The third kappa shape index (κ3) is 3.80. The lowest BCUT2D eigenvalue weighted by Gasteiger charge is -2.12. The average molecular weight is 268 g/mol. The summed E-state index contributed by atoms with van der Waals surface area (Å²) < 4.78 is 1.36. The highest BCUT2D eigenvalue weighted by atomic mass is 16.4. The van der Waals surface area contributed by atoms with Crippen LogP contribution in [0.4, 0.5) is 0 Å². The Labute approximate surface area is 109 Å². The second kappa shape index (κ2) is 5.98. The van der Waals surface area contributed by atoms with Gasteiger partial charge in [0.1, 0.15) is 11.7 Å². The van der Waals surface area contributed by atoms with Crippen molar-refractivity contribution in [2.24, 2.45) is 12.8 Å². The van der Waals surface area contributed by atoms with Crippen LogP contribution in [0.5, 0.6) is 0 Å². The van der Waals surface area contributed by atoms with E-state index in [0.29, 0.717) is 6.42 Å². The van der Waals surface area contributed by atoms with Crippen molar-refractivity contribution in [1.82, 2.24) is 15.1 Å². The van der Waals surface area contributed by atoms with Crippen molar-refractivity contribution >= 4 is 17.8 Å². The van der Waals surface area contributed by atoms with E-state index in [4.69, 9.17) is 10.8 Å². The number of carbonyl (C=O) groups excluding carboxylic acids is 2. The van der Waals surface area contributed by atoms with Crippen LogP contribution >= 0.6 is 0 Å². The number of carboxylic acid groups (broad SMARTS) is 1. The van der Waals surface area contributed by atoms with Gasteiger partial charge in [-0.3, -0.25) is 14.3 Å². The number of carbonyl (C=O) groups is 3. The molecule has 2 amide bonds. The third-order valence-corrected chi connectivity index (χ3v) is 2.53. The van der Waals surface area contributed by atoms with Gasteiger partial charge in [-0.15, -0.1) is 0 Å². The quantitative estimate of drug-likeness (QED) is 0.612. The maximum absolute atomic E-state index is 11.9. The lowest BCUT2D eigenvalue weighted by atomic mass is 10.2. The summed E-state index contributed by atoms with van der Waals surface area (Å²) in [5, 5.41) is 15.2. The second-order valence-corrected chi connectivity index (χ2v) is 4.03. The molecule has 1 aromatic heterocycles. The molecule has 0 fully saturated rings. The van der Waals surface area contributed by atoms with E-state index in [1.807, 2.05) is 6.92 Å². The number of aromatic nitrogens is 2. The Hall–Kier alpha value is -2.38. The number of rotatable bonds is 6. The van der Waals surface area contributed by atoms with Gasteiger partial charge >= 0.3 is 5.97 Å². The summed E-state index contributed by atoms with van der Waals surface area (Å²) in [5.74, 6) is -2.72. The minimum atomic E-state index is -1.34. The van der Waals surface area contributed by atoms with Crippen LogP contribution in [-0.4, -0.2) is 38.7 Å². The summed E-state index contributed by atoms with van der Waals surface area (Å²) in [6.45, 7) is 1.89. The van der Waals surface area contributed by atoms with Gasteiger partial charge in [-0.1, -0.05) is 6.92 Å². The Morgan fingerprint density at radius 1 is 1.53 bits per heavy atom. The molecule has 0 radical (unpaired) electrons. The molecule has 1 heterocycles. The molecular weight excluding hydrogens is 252 g/mol.